The minimum absolute atomic E-state index is 0.650. The minimum Gasteiger partial charge on any atom is -0.347 e. The lowest BCUT2D eigenvalue weighted by Gasteiger charge is -2.07. The van der Waals surface area contributed by atoms with Crippen molar-refractivity contribution in [2.45, 2.75) is 40.0 Å². The number of nitrogens with one attached hydrogen (secondary N) is 1. The fourth-order valence-corrected chi connectivity index (χ4v) is 1.72. The van der Waals surface area contributed by atoms with E-state index in [2.05, 4.69) is 30.7 Å². The van der Waals surface area contributed by atoms with Crippen LogP contribution in [0.25, 0.3) is 0 Å². The number of H-pyrrole nitrogens is 1. The molecule has 0 bridgehead atoms. The molecule has 0 aromatic carbocycles. The summed E-state index contributed by atoms with van der Waals surface area (Å²) in [6, 6.07) is 1.97. The highest BCUT2D eigenvalue weighted by Crippen LogP contribution is 2.06. The Labute approximate surface area is 90.8 Å². The molecule has 0 saturated carbocycles. The quantitative estimate of drug-likeness (QED) is 0.772. The van der Waals surface area contributed by atoms with E-state index in [0.717, 1.165) is 25.1 Å². The highest BCUT2D eigenvalue weighted by atomic mass is 32.1. The first kappa shape index (κ1) is 11.4. The van der Waals surface area contributed by atoms with Crippen LogP contribution in [-0.4, -0.2) is 9.97 Å². The molecule has 0 atom stereocenters. The second-order valence-corrected chi connectivity index (χ2v) is 4.46. The van der Waals surface area contributed by atoms with Crippen LogP contribution in [-0.2, 0) is 12.8 Å². The van der Waals surface area contributed by atoms with E-state index in [1.54, 1.807) is 0 Å². The van der Waals surface area contributed by atoms with Crippen molar-refractivity contribution in [3.63, 3.8) is 0 Å². The standard InChI is InChI=1S/C11H18N2S/c1-4-5-10-12-9(6-8(2)3)7-11(14)13-10/h7-8H,4-6H2,1-3H3,(H,12,13,14). The molecule has 1 N–H and O–H groups in total. The van der Waals surface area contributed by atoms with E-state index in [-0.39, 0.29) is 0 Å². The Morgan fingerprint density at radius 3 is 2.79 bits per heavy atom. The number of aromatic nitrogens is 2. The molecule has 1 aromatic rings. The van der Waals surface area contributed by atoms with Crippen LogP contribution in [0.4, 0.5) is 0 Å². The zero-order valence-electron chi connectivity index (χ0n) is 9.13. The van der Waals surface area contributed by atoms with Crippen LogP contribution in [0.5, 0.6) is 0 Å². The van der Waals surface area contributed by atoms with E-state index in [0.29, 0.717) is 10.6 Å². The molecule has 0 radical (unpaired) electrons. The molecule has 1 aromatic heterocycles. The third kappa shape index (κ3) is 3.58. The van der Waals surface area contributed by atoms with Crippen LogP contribution in [0.3, 0.4) is 0 Å². The van der Waals surface area contributed by atoms with Crippen LogP contribution in [0.2, 0.25) is 0 Å². The Morgan fingerprint density at radius 2 is 2.21 bits per heavy atom. The van der Waals surface area contributed by atoms with Crippen LogP contribution >= 0.6 is 12.2 Å². The number of aryl methyl sites for hydroxylation is 1. The van der Waals surface area contributed by atoms with Crippen molar-refractivity contribution in [3.8, 4) is 0 Å². The van der Waals surface area contributed by atoms with E-state index in [4.69, 9.17) is 12.2 Å². The lowest BCUT2D eigenvalue weighted by atomic mass is 10.1. The third-order valence-electron chi connectivity index (χ3n) is 1.96. The van der Waals surface area contributed by atoms with Crippen LogP contribution in [0.15, 0.2) is 6.07 Å². The van der Waals surface area contributed by atoms with Crippen molar-refractivity contribution in [2.24, 2.45) is 5.92 Å². The van der Waals surface area contributed by atoms with Crippen molar-refractivity contribution in [1.29, 1.82) is 0 Å². The molecule has 78 valence electrons. The number of nitrogens with zero attached hydrogens (tertiary/aromatic N) is 1. The van der Waals surface area contributed by atoms with Gasteiger partial charge in [0.15, 0.2) is 0 Å². The molecule has 0 spiro atoms. The predicted molar refractivity (Wildman–Crippen MR) is 62.0 cm³/mol. The van der Waals surface area contributed by atoms with Crippen molar-refractivity contribution < 1.29 is 0 Å². The normalized spacial score (nSPS) is 10.9. The van der Waals surface area contributed by atoms with E-state index in [9.17, 15) is 0 Å². The molecule has 1 heterocycles. The van der Waals surface area contributed by atoms with Crippen LogP contribution < -0.4 is 0 Å². The Kier molecular flexibility index (Phi) is 4.26. The molecule has 0 unspecified atom stereocenters. The van der Waals surface area contributed by atoms with Crippen LogP contribution in [0, 0.1) is 10.6 Å². The highest BCUT2D eigenvalue weighted by Gasteiger charge is 2.01. The lowest BCUT2D eigenvalue weighted by Crippen LogP contribution is -2.02. The monoisotopic (exact) mass is 210 g/mol. The summed E-state index contributed by atoms with van der Waals surface area (Å²) in [6.45, 7) is 6.56. The predicted octanol–water partition coefficient (Wildman–Crippen LogP) is 3.29. The Morgan fingerprint density at radius 1 is 1.50 bits per heavy atom. The maximum absolute atomic E-state index is 5.12. The van der Waals surface area contributed by atoms with Gasteiger partial charge in [-0.25, -0.2) is 4.98 Å². The SMILES string of the molecule is CCCc1nc(=S)cc(CC(C)C)[nH]1. The first-order chi connectivity index (χ1) is 6.61. The molecule has 14 heavy (non-hydrogen) atoms. The number of hydrogen-bond acceptors (Lipinski definition) is 2. The average molecular weight is 210 g/mol. The largest absolute Gasteiger partial charge is 0.347 e. The van der Waals surface area contributed by atoms with Gasteiger partial charge in [-0.15, -0.1) is 0 Å². The number of hydrogen-bond donors (Lipinski definition) is 1. The van der Waals surface area contributed by atoms with E-state index < -0.39 is 0 Å². The van der Waals surface area contributed by atoms with E-state index in [1.807, 2.05) is 6.07 Å². The molecule has 2 nitrogen and oxygen atoms in total. The molecule has 1 rings (SSSR count). The highest BCUT2D eigenvalue weighted by molar-refractivity contribution is 7.71. The van der Waals surface area contributed by atoms with Gasteiger partial charge in [-0.1, -0.05) is 33.0 Å². The second-order valence-electron chi connectivity index (χ2n) is 4.04. The van der Waals surface area contributed by atoms with Crippen molar-refractivity contribution in [1.82, 2.24) is 9.97 Å². The first-order valence-electron chi connectivity index (χ1n) is 5.21. The van der Waals surface area contributed by atoms with Gasteiger partial charge in [0.25, 0.3) is 0 Å². The lowest BCUT2D eigenvalue weighted by molar-refractivity contribution is 0.628. The van der Waals surface area contributed by atoms with Gasteiger partial charge in [0.2, 0.25) is 0 Å². The van der Waals surface area contributed by atoms with Gasteiger partial charge >= 0.3 is 0 Å². The van der Waals surface area contributed by atoms with Gasteiger partial charge in [0.1, 0.15) is 10.5 Å². The molecular formula is C11H18N2S. The van der Waals surface area contributed by atoms with Gasteiger partial charge in [-0.05, 0) is 24.8 Å². The summed E-state index contributed by atoms with van der Waals surface area (Å²) in [5, 5.41) is 0. The maximum atomic E-state index is 5.12. The molecule has 0 aliphatic rings. The molecule has 0 aliphatic heterocycles. The Bertz CT molecular complexity index is 341. The van der Waals surface area contributed by atoms with Gasteiger partial charge in [0.05, 0.1) is 0 Å². The van der Waals surface area contributed by atoms with Crippen molar-refractivity contribution >= 4 is 12.2 Å². The zero-order valence-corrected chi connectivity index (χ0v) is 9.95. The molecule has 0 saturated heterocycles. The first-order valence-corrected chi connectivity index (χ1v) is 5.61. The molecule has 0 fully saturated rings. The van der Waals surface area contributed by atoms with Gasteiger partial charge in [-0.2, -0.15) is 0 Å². The second kappa shape index (κ2) is 5.25. The summed E-state index contributed by atoms with van der Waals surface area (Å²) in [4.78, 5) is 7.63. The summed E-state index contributed by atoms with van der Waals surface area (Å²) < 4.78 is 0.711. The summed E-state index contributed by atoms with van der Waals surface area (Å²) in [5.74, 6) is 1.67. The number of aromatic amines is 1. The fourth-order valence-electron chi connectivity index (χ4n) is 1.47. The average Bonchev–Trinajstić information content (AvgIpc) is 2.01. The van der Waals surface area contributed by atoms with Gasteiger partial charge in [0, 0.05) is 12.1 Å². The van der Waals surface area contributed by atoms with Crippen molar-refractivity contribution in [3.05, 3.63) is 22.2 Å². The smallest absolute Gasteiger partial charge is 0.129 e. The van der Waals surface area contributed by atoms with Crippen LogP contribution in [0.1, 0.15) is 38.7 Å². The van der Waals surface area contributed by atoms with Crippen molar-refractivity contribution in [2.75, 3.05) is 0 Å². The Balaban J connectivity index is 2.89. The fraction of sp³-hybridized carbons (Fsp3) is 0.636. The molecule has 0 amide bonds. The summed E-state index contributed by atoms with van der Waals surface area (Å²) in [7, 11) is 0. The summed E-state index contributed by atoms with van der Waals surface area (Å²) >= 11 is 5.12. The summed E-state index contributed by atoms with van der Waals surface area (Å²) in [5.41, 5.74) is 1.21. The third-order valence-corrected chi connectivity index (χ3v) is 2.17. The Hall–Kier alpha value is -0.700. The maximum Gasteiger partial charge on any atom is 0.129 e. The minimum atomic E-state index is 0.650. The van der Waals surface area contributed by atoms with Gasteiger partial charge in [-0.3, -0.25) is 0 Å². The summed E-state index contributed by atoms with van der Waals surface area (Å²) in [6.07, 6.45) is 3.13. The molecule has 3 heteroatoms. The van der Waals surface area contributed by atoms with E-state index >= 15 is 0 Å². The zero-order chi connectivity index (χ0) is 10.6. The molecule has 0 aliphatic carbocycles. The molecular weight excluding hydrogens is 192 g/mol. The van der Waals surface area contributed by atoms with Gasteiger partial charge < -0.3 is 4.98 Å². The van der Waals surface area contributed by atoms with E-state index in [1.165, 1.54) is 5.69 Å². The number of rotatable bonds is 4. The topological polar surface area (TPSA) is 28.7 Å².